The van der Waals surface area contributed by atoms with Gasteiger partial charge in [-0.25, -0.2) is 18.7 Å². The van der Waals surface area contributed by atoms with Gasteiger partial charge < -0.3 is 4.98 Å². The highest BCUT2D eigenvalue weighted by Crippen LogP contribution is 2.31. The molecule has 2 heterocycles. The molecule has 148 valence electrons. The van der Waals surface area contributed by atoms with Crippen molar-refractivity contribution >= 4 is 22.8 Å². The maximum Gasteiger partial charge on any atom is 0.173 e. The highest BCUT2D eigenvalue weighted by molar-refractivity contribution is 7.98. The van der Waals surface area contributed by atoms with Gasteiger partial charge in [0.05, 0.1) is 28.7 Å². The van der Waals surface area contributed by atoms with Crippen LogP contribution in [0.4, 0.5) is 8.78 Å². The zero-order valence-electron chi connectivity index (χ0n) is 15.7. The second-order valence-electron chi connectivity index (χ2n) is 6.73. The molecule has 2 aromatic heterocycles. The molecule has 0 bridgehead atoms. The molecule has 30 heavy (non-hydrogen) atoms. The number of aromatic amines is 1. The van der Waals surface area contributed by atoms with E-state index in [1.54, 1.807) is 30.5 Å². The molecule has 0 saturated heterocycles. The van der Waals surface area contributed by atoms with Crippen LogP contribution in [0.25, 0.3) is 28.0 Å². The molecule has 3 aromatic carbocycles. The van der Waals surface area contributed by atoms with Crippen molar-refractivity contribution in [2.24, 2.45) is 0 Å². The predicted octanol–water partition coefficient (Wildman–Crippen LogP) is 5.99. The van der Waals surface area contributed by atoms with Crippen LogP contribution in [0.2, 0.25) is 0 Å². The molecule has 0 aliphatic rings. The van der Waals surface area contributed by atoms with Crippen molar-refractivity contribution in [3.8, 4) is 16.9 Å². The van der Waals surface area contributed by atoms with Crippen LogP contribution >= 0.6 is 11.8 Å². The number of aromatic nitrogens is 4. The van der Waals surface area contributed by atoms with Crippen LogP contribution in [0.1, 0.15) is 5.82 Å². The molecular weight excluding hydrogens is 402 g/mol. The van der Waals surface area contributed by atoms with E-state index >= 15 is 0 Å². The van der Waals surface area contributed by atoms with Gasteiger partial charge in [-0.1, -0.05) is 23.9 Å². The Hall–Kier alpha value is -3.45. The number of halogens is 2. The van der Waals surface area contributed by atoms with Gasteiger partial charge in [0.1, 0.15) is 17.5 Å². The summed E-state index contributed by atoms with van der Waals surface area (Å²) in [6.45, 7) is 0. The zero-order chi connectivity index (χ0) is 20.5. The number of rotatable bonds is 5. The van der Waals surface area contributed by atoms with Gasteiger partial charge in [-0.15, -0.1) is 0 Å². The van der Waals surface area contributed by atoms with Gasteiger partial charge in [0.2, 0.25) is 0 Å². The summed E-state index contributed by atoms with van der Waals surface area (Å²) in [4.78, 5) is 12.5. The van der Waals surface area contributed by atoms with Crippen molar-refractivity contribution in [3.63, 3.8) is 0 Å². The number of para-hydroxylation sites is 2. The van der Waals surface area contributed by atoms with Crippen LogP contribution in [0.3, 0.4) is 0 Å². The lowest BCUT2D eigenvalue weighted by molar-refractivity contribution is 0.626. The summed E-state index contributed by atoms with van der Waals surface area (Å²) in [5.41, 5.74) is 4.31. The molecule has 5 aromatic rings. The zero-order valence-corrected chi connectivity index (χ0v) is 16.5. The Morgan fingerprint density at radius 1 is 0.867 bits per heavy atom. The van der Waals surface area contributed by atoms with Gasteiger partial charge in [-0.05, 0) is 60.7 Å². The lowest BCUT2D eigenvalue weighted by atomic mass is 10.1. The van der Waals surface area contributed by atoms with Gasteiger partial charge in [0, 0.05) is 11.3 Å². The lowest BCUT2D eigenvalue weighted by Gasteiger charge is -2.12. The summed E-state index contributed by atoms with van der Waals surface area (Å²) in [5, 5.41) is 0.737. The number of thioether (sulfide) groups is 1. The summed E-state index contributed by atoms with van der Waals surface area (Å²) in [7, 11) is 0. The van der Waals surface area contributed by atoms with E-state index in [0.717, 1.165) is 39.0 Å². The molecule has 5 rings (SSSR count). The third-order valence-corrected chi connectivity index (χ3v) is 5.69. The molecule has 0 aliphatic heterocycles. The van der Waals surface area contributed by atoms with Crippen molar-refractivity contribution in [2.75, 3.05) is 0 Å². The number of benzene rings is 3. The third kappa shape index (κ3) is 3.59. The molecule has 0 saturated carbocycles. The minimum absolute atomic E-state index is 0.300. The Balaban J connectivity index is 1.52. The van der Waals surface area contributed by atoms with E-state index in [4.69, 9.17) is 0 Å². The SMILES string of the molecule is Fc1ccc(-c2cnc(SCc3nc4ccccc4[nH]3)n2-c2ccc(F)cc2)cc1. The van der Waals surface area contributed by atoms with Crippen LogP contribution < -0.4 is 0 Å². The molecule has 4 nitrogen and oxygen atoms in total. The number of nitrogens with one attached hydrogen (secondary N) is 1. The van der Waals surface area contributed by atoms with Crippen LogP contribution in [0.5, 0.6) is 0 Å². The summed E-state index contributed by atoms with van der Waals surface area (Å²) < 4.78 is 28.8. The monoisotopic (exact) mass is 418 g/mol. The van der Waals surface area contributed by atoms with Crippen molar-refractivity contribution in [2.45, 2.75) is 10.9 Å². The third-order valence-electron chi connectivity index (χ3n) is 4.73. The molecule has 0 unspecified atom stereocenters. The van der Waals surface area contributed by atoms with E-state index in [-0.39, 0.29) is 11.6 Å². The molecule has 0 fully saturated rings. The molecule has 7 heteroatoms. The molecule has 0 radical (unpaired) electrons. The van der Waals surface area contributed by atoms with E-state index in [0.29, 0.717) is 5.75 Å². The first kappa shape index (κ1) is 18.6. The normalized spacial score (nSPS) is 11.3. The summed E-state index contributed by atoms with van der Waals surface area (Å²) in [5.74, 6) is 0.832. The fourth-order valence-corrected chi connectivity index (χ4v) is 4.17. The van der Waals surface area contributed by atoms with Crippen molar-refractivity contribution in [3.05, 3.63) is 96.5 Å². The summed E-state index contributed by atoms with van der Waals surface area (Å²) in [6, 6.07) is 20.4. The fraction of sp³-hybridized carbons (Fsp3) is 0.0435. The van der Waals surface area contributed by atoms with Gasteiger partial charge in [0.15, 0.2) is 5.16 Å². The van der Waals surface area contributed by atoms with Crippen LogP contribution in [-0.4, -0.2) is 19.5 Å². The average Bonchev–Trinajstić information content (AvgIpc) is 3.37. The quantitative estimate of drug-likeness (QED) is 0.357. The van der Waals surface area contributed by atoms with E-state index in [1.807, 2.05) is 28.8 Å². The van der Waals surface area contributed by atoms with E-state index in [2.05, 4.69) is 15.0 Å². The van der Waals surface area contributed by atoms with Gasteiger partial charge in [-0.3, -0.25) is 4.57 Å². The van der Waals surface area contributed by atoms with Crippen molar-refractivity contribution in [1.82, 2.24) is 19.5 Å². The minimum Gasteiger partial charge on any atom is -0.341 e. The first-order valence-electron chi connectivity index (χ1n) is 9.33. The van der Waals surface area contributed by atoms with Crippen LogP contribution in [0.15, 0.2) is 84.1 Å². The lowest BCUT2D eigenvalue weighted by Crippen LogP contribution is -2.00. The second-order valence-corrected chi connectivity index (χ2v) is 7.68. The number of H-pyrrole nitrogens is 1. The van der Waals surface area contributed by atoms with E-state index < -0.39 is 0 Å². The number of hydrogen-bond donors (Lipinski definition) is 1. The Morgan fingerprint density at radius 2 is 1.57 bits per heavy atom. The summed E-state index contributed by atoms with van der Waals surface area (Å²) in [6.07, 6.45) is 1.75. The first-order valence-corrected chi connectivity index (χ1v) is 10.3. The first-order chi connectivity index (χ1) is 14.7. The molecular formula is C23H16F2N4S. The largest absolute Gasteiger partial charge is 0.341 e. The maximum absolute atomic E-state index is 13.5. The van der Waals surface area contributed by atoms with Crippen molar-refractivity contribution < 1.29 is 8.78 Å². The Labute approximate surface area is 175 Å². The van der Waals surface area contributed by atoms with E-state index in [9.17, 15) is 8.78 Å². The number of hydrogen-bond acceptors (Lipinski definition) is 3. The number of imidazole rings is 2. The number of fused-ring (bicyclic) bond motifs is 1. The molecule has 0 atom stereocenters. The van der Waals surface area contributed by atoms with Gasteiger partial charge in [-0.2, -0.15) is 0 Å². The van der Waals surface area contributed by atoms with E-state index in [1.165, 1.54) is 36.0 Å². The van der Waals surface area contributed by atoms with Crippen LogP contribution in [0, 0.1) is 11.6 Å². The van der Waals surface area contributed by atoms with Crippen LogP contribution in [-0.2, 0) is 5.75 Å². The topological polar surface area (TPSA) is 46.5 Å². The predicted molar refractivity (Wildman–Crippen MR) is 115 cm³/mol. The molecule has 1 N–H and O–H groups in total. The molecule has 0 amide bonds. The maximum atomic E-state index is 13.5. The molecule has 0 spiro atoms. The standard InChI is InChI=1S/C23H16F2N4S/c24-16-7-5-15(6-8-16)21-13-26-23(29(21)18-11-9-17(25)10-12-18)30-14-22-27-19-3-1-2-4-20(19)28-22/h1-13H,14H2,(H,27,28). The van der Waals surface area contributed by atoms with Crippen molar-refractivity contribution in [1.29, 1.82) is 0 Å². The Morgan fingerprint density at radius 3 is 2.30 bits per heavy atom. The fourth-order valence-electron chi connectivity index (χ4n) is 3.31. The van der Waals surface area contributed by atoms with Gasteiger partial charge >= 0.3 is 0 Å². The Bertz CT molecular complexity index is 1270. The minimum atomic E-state index is -0.307. The average molecular weight is 418 g/mol. The Kier molecular flexibility index (Phi) is 4.80. The molecule has 0 aliphatic carbocycles. The number of nitrogens with zero attached hydrogens (tertiary/aromatic N) is 3. The van der Waals surface area contributed by atoms with Gasteiger partial charge in [0.25, 0.3) is 0 Å². The second kappa shape index (κ2) is 7.76. The highest BCUT2D eigenvalue weighted by Gasteiger charge is 2.15. The summed E-state index contributed by atoms with van der Waals surface area (Å²) >= 11 is 1.52. The highest BCUT2D eigenvalue weighted by atomic mass is 32.2. The smallest absolute Gasteiger partial charge is 0.173 e.